The summed E-state index contributed by atoms with van der Waals surface area (Å²) in [6, 6.07) is 3.59. The van der Waals surface area contributed by atoms with Crippen molar-refractivity contribution in [1.29, 1.82) is 5.26 Å². The number of nitrogens with two attached hydrogens (primary N) is 1. The number of nitrogen functional groups attached to an aromatic ring is 1. The van der Waals surface area contributed by atoms with E-state index in [0.29, 0.717) is 17.1 Å². The molecule has 0 amide bonds. The van der Waals surface area contributed by atoms with Gasteiger partial charge >= 0.3 is 0 Å². The molecule has 0 atom stereocenters. The van der Waals surface area contributed by atoms with Gasteiger partial charge < -0.3 is 10.6 Å². The second-order valence-corrected chi connectivity index (χ2v) is 2.64. The van der Waals surface area contributed by atoms with Crippen molar-refractivity contribution in [2.75, 3.05) is 24.7 Å². The minimum atomic E-state index is 0.484. The molecule has 62 valence electrons. The number of nitrogens with zero attached hydrogens (tertiary/aromatic N) is 3. The second kappa shape index (κ2) is 3.09. The van der Waals surface area contributed by atoms with E-state index in [1.807, 2.05) is 20.2 Å². The fourth-order valence-corrected chi connectivity index (χ4v) is 0.909. The minimum Gasteiger partial charge on any atom is -0.396 e. The Labute approximate surface area is 71.2 Å². The van der Waals surface area contributed by atoms with Crippen LogP contribution in [0, 0.1) is 11.3 Å². The summed E-state index contributed by atoms with van der Waals surface area (Å²) in [5.74, 6) is 0.689. The lowest BCUT2D eigenvalue weighted by molar-refractivity contribution is 1.07. The van der Waals surface area contributed by atoms with Gasteiger partial charge in [0.05, 0.1) is 11.3 Å². The van der Waals surface area contributed by atoms with Gasteiger partial charge in [-0.25, -0.2) is 4.98 Å². The van der Waals surface area contributed by atoms with E-state index in [4.69, 9.17) is 11.0 Å². The number of nitriles is 1. The van der Waals surface area contributed by atoms with Crippen LogP contribution in [0.5, 0.6) is 0 Å². The molecule has 12 heavy (non-hydrogen) atoms. The third-order valence-corrected chi connectivity index (χ3v) is 1.45. The Bertz CT molecular complexity index is 324. The van der Waals surface area contributed by atoms with Gasteiger partial charge in [-0.2, -0.15) is 5.26 Å². The molecule has 0 bridgehead atoms. The standard InChI is InChI=1S/C8H10N4/c1-12(2)8-7(10)3-6(4-9)5-11-8/h3,5H,10H2,1-2H3. The monoisotopic (exact) mass is 162 g/mol. The first-order valence-electron chi connectivity index (χ1n) is 3.48. The van der Waals surface area contributed by atoms with Crippen molar-refractivity contribution >= 4 is 11.5 Å². The van der Waals surface area contributed by atoms with Gasteiger partial charge in [-0.1, -0.05) is 0 Å². The van der Waals surface area contributed by atoms with Crippen LogP contribution in [0.3, 0.4) is 0 Å². The Morgan fingerprint density at radius 3 is 2.67 bits per heavy atom. The summed E-state index contributed by atoms with van der Waals surface area (Å²) in [5, 5.41) is 8.53. The minimum absolute atomic E-state index is 0.484. The molecule has 0 unspecified atom stereocenters. The maximum Gasteiger partial charge on any atom is 0.151 e. The molecular weight excluding hydrogens is 152 g/mol. The predicted molar refractivity (Wildman–Crippen MR) is 47.7 cm³/mol. The molecule has 1 aromatic rings. The molecular formula is C8H10N4. The molecule has 0 spiro atoms. The summed E-state index contributed by atoms with van der Waals surface area (Å²) in [5.41, 5.74) is 6.65. The predicted octanol–water partition coefficient (Wildman–Crippen LogP) is 0.601. The Morgan fingerprint density at radius 1 is 1.58 bits per heavy atom. The summed E-state index contributed by atoms with van der Waals surface area (Å²) in [6.07, 6.45) is 1.51. The number of aromatic nitrogens is 1. The van der Waals surface area contributed by atoms with Gasteiger partial charge in [0.15, 0.2) is 5.82 Å². The van der Waals surface area contributed by atoms with Crippen LogP contribution in [0.15, 0.2) is 12.3 Å². The molecule has 4 heteroatoms. The lowest BCUT2D eigenvalue weighted by atomic mass is 10.3. The van der Waals surface area contributed by atoms with Crippen molar-refractivity contribution < 1.29 is 0 Å². The molecule has 0 aliphatic rings. The first kappa shape index (κ1) is 8.34. The molecule has 1 aromatic heterocycles. The highest BCUT2D eigenvalue weighted by Crippen LogP contribution is 2.17. The molecule has 0 aliphatic heterocycles. The zero-order chi connectivity index (χ0) is 9.14. The molecule has 0 aromatic carbocycles. The molecule has 0 saturated heterocycles. The van der Waals surface area contributed by atoms with E-state index in [1.165, 1.54) is 6.20 Å². The molecule has 0 saturated carbocycles. The van der Waals surface area contributed by atoms with Gasteiger partial charge in [0, 0.05) is 20.3 Å². The van der Waals surface area contributed by atoms with E-state index in [9.17, 15) is 0 Å². The largest absolute Gasteiger partial charge is 0.396 e. The Morgan fingerprint density at radius 2 is 2.25 bits per heavy atom. The Balaban J connectivity index is 3.14. The van der Waals surface area contributed by atoms with Crippen LogP contribution >= 0.6 is 0 Å². The van der Waals surface area contributed by atoms with Crippen molar-refractivity contribution in [2.45, 2.75) is 0 Å². The first-order chi connectivity index (χ1) is 5.65. The Kier molecular flexibility index (Phi) is 2.15. The highest BCUT2D eigenvalue weighted by atomic mass is 15.1. The molecule has 0 radical (unpaired) electrons. The maximum atomic E-state index is 8.53. The third kappa shape index (κ3) is 1.45. The van der Waals surface area contributed by atoms with Crippen molar-refractivity contribution in [2.24, 2.45) is 0 Å². The van der Waals surface area contributed by atoms with E-state index in [-0.39, 0.29) is 0 Å². The van der Waals surface area contributed by atoms with E-state index in [0.717, 1.165) is 0 Å². The number of hydrogen-bond donors (Lipinski definition) is 1. The van der Waals surface area contributed by atoms with Gasteiger partial charge in [0.1, 0.15) is 6.07 Å². The summed E-state index contributed by atoms with van der Waals surface area (Å²) in [7, 11) is 3.70. The van der Waals surface area contributed by atoms with Crippen LogP contribution in [0.25, 0.3) is 0 Å². The molecule has 0 aliphatic carbocycles. The lowest BCUT2D eigenvalue weighted by Crippen LogP contribution is -2.12. The maximum absolute atomic E-state index is 8.53. The Hall–Kier alpha value is -1.76. The smallest absolute Gasteiger partial charge is 0.151 e. The highest BCUT2D eigenvalue weighted by Gasteiger charge is 2.02. The van der Waals surface area contributed by atoms with Crippen LogP contribution in [0.4, 0.5) is 11.5 Å². The van der Waals surface area contributed by atoms with Crippen LogP contribution in [-0.2, 0) is 0 Å². The van der Waals surface area contributed by atoms with Crippen LogP contribution < -0.4 is 10.6 Å². The quantitative estimate of drug-likeness (QED) is 0.656. The number of rotatable bonds is 1. The SMILES string of the molecule is CN(C)c1ncc(C#N)cc1N. The summed E-state index contributed by atoms with van der Waals surface area (Å²) < 4.78 is 0. The summed E-state index contributed by atoms with van der Waals surface area (Å²) >= 11 is 0. The van der Waals surface area contributed by atoms with E-state index in [1.54, 1.807) is 11.0 Å². The summed E-state index contributed by atoms with van der Waals surface area (Å²) in [4.78, 5) is 5.83. The van der Waals surface area contributed by atoms with E-state index >= 15 is 0 Å². The first-order valence-corrected chi connectivity index (χ1v) is 3.48. The van der Waals surface area contributed by atoms with Gasteiger partial charge in [-0.15, -0.1) is 0 Å². The van der Waals surface area contributed by atoms with Gasteiger partial charge in [-0.3, -0.25) is 0 Å². The van der Waals surface area contributed by atoms with Crippen molar-refractivity contribution in [1.82, 2.24) is 4.98 Å². The number of pyridine rings is 1. The van der Waals surface area contributed by atoms with Crippen molar-refractivity contribution in [3.05, 3.63) is 17.8 Å². The molecule has 2 N–H and O–H groups in total. The molecule has 1 rings (SSSR count). The lowest BCUT2D eigenvalue weighted by Gasteiger charge is -2.12. The molecule has 1 heterocycles. The van der Waals surface area contributed by atoms with Crippen LogP contribution in [-0.4, -0.2) is 19.1 Å². The number of anilines is 2. The topological polar surface area (TPSA) is 65.9 Å². The van der Waals surface area contributed by atoms with Crippen molar-refractivity contribution in [3.8, 4) is 6.07 Å². The average molecular weight is 162 g/mol. The van der Waals surface area contributed by atoms with Crippen LogP contribution in [0.2, 0.25) is 0 Å². The van der Waals surface area contributed by atoms with Gasteiger partial charge in [-0.05, 0) is 6.07 Å². The normalized spacial score (nSPS) is 9.08. The zero-order valence-corrected chi connectivity index (χ0v) is 7.07. The zero-order valence-electron chi connectivity index (χ0n) is 7.07. The molecule has 4 nitrogen and oxygen atoms in total. The number of hydrogen-bond acceptors (Lipinski definition) is 4. The highest BCUT2D eigenvalue weighted by molar-refractivity contribution is 5.63. The van der Waals surface area contributed by atoms with Crippen LogP contribution in [0.1, 0.15) is 5.56 Å². The van der Waals surface area contributed by atoms with Gasteiger partial charge in [0.2, 0.25) is 0 Å². The summed E-state index contributed by atoms with van der Waals surface area (Å²) in [6.45, 7) is 0. The van der Waals surface area contributed by atoms with E-state index < -0.39 is 0 Å². The average Bonchev–Trinajstić information content (AvgIpc) is 2.03. The van der Waals surface area contributed by atoms with E-state index in [2.05, 4.69) is 4.98 Å². The third-order valence-electron chi connectivity index (χ3n) is 1.45. The van der Waals surface area contributed by atoms with Gasteiger partial charge in [0.25, 0.3) is 0 Å². The second-order valence-electron chi connectivity index (χ2n) is 2.64. The fraction of sp³-hybridized carbons (Fsp3) is 0.250. The van der Waals surface area contributed by atoms with Crippen molar-refractivity contribution in [3.63, 3.8) is 0 Å². The fourth-order valence-electron chi connectivity index (χ4n) is 0.909. The molecule has 0 fully saturated rings.